The number of rotatable bonds is 6. The first kappa shape index (κ1) is 23.0. The molecule has 2 rings (SSSR count). The number of hydrogen-bond acceptors (Lipinski definition) is 4. The fourth-order valence-corrected chi connectivity index (χ4v) is 3.38. The number of benzene rings is 2. The highest BCUT2D eigenvalue weighted by molar-refractivity contribution is 7.92. The minimum atomic E-state index is -3.70. The zero-order valence-corrected chi connectivity index (χ0v) is 17.2. The van der Waals surface area contributed by atoms with Crippen LogP contribution in [0.3, 0.4) is 0 Å². The van der Waals surface area contributed by atoms with E-state index in [1.54, 1.807) is 42.5 Å². The van der Waals surface area contributed by atoms with E-state index >= 15 is 0 Å². The van der Waals surface area contributed by atoms with E-state index in [1.165, 1.54) is 12.1 Å². The minimum Gasteiger partial charge on any atom is -0.351 e. The van der Waals surface area contributed by atoms with Gasteiger partial charge in [0.2, 0.25) is 5.91 Å². The third kappa shape index (κ3) is 6.23. The lowest BCUT2D eigenvalue weighted by Gasteiger charge is -2.26. The minimum absolute atomic E-state index is 0. The standard InChI is InChI=1S/C19H25N3O3S.ClH/c1-19(2,3)17(20)18(23)21-13-14-9-7-8-12-16(14)22-26(24,25)15-10-5-4-6-11-15;/h4-12,17,22H,13,20H2,1-3H3,(H,21,23);1H/t17-;/m1./s1. The second kappa shape index (κ2) is 9.21. The number of hydrogen-bond donors (Lipinski definition) is 3. The summed E-state index contributed by atoms with van der Waals surface area (Å²) in [4.78, 5) is 12.4. The van der Waals surface area contributed by atoms with E-state index in [1.807, 2.05) is 20.8 Å². The van der Waals surface area contributed by atoms with Gasteiger partial charge in [-0.05, 0) is 29.2 Å². The predicted molar refractivity (Wildman–Crippen MR) is 110 cm³/mol. The van der Waals surface area contributed by atoms with Gasteiger partial charge in [0.25, 0.3) is 10.0 Å². The molecule has 0 aliphatic rings. The van der Waals surface area contributed by atoms with Crippen molar-refractivity contribution >= 4 is 34.0 Å². The van der Waals surface area contributed by atoms with Gasteiger partial charge in [-0.25, -0.2) is 8.42 Å². The molecule has 0 fully saturated rings. The molecule has 0 bridgehead atoms. The lowest BCUT2D eigenvalue weighted by Crippen LogP contribution is -2.48. The smallest absolute Gasteiger partial charge is 0.261 e. The molecule has 2 aromatic rings. The number of carbonyl (C=O) groups is 1. The second-order valence-corrected chi connectivity index (χ2v) is 8.82. The van der Waals surface area contributed by atoms with Crippen molar-refractivity contribution in [1.82, 2.24) is 5.32 Å². The number of sulfonamides is 1. The molecule has 0 saturated carbocycles. The van der Waals surface area contributed by atoms with Crippen molar-refractivity contribution in [3.63, 3.8) is 0 Å². The predicted octanol–water partition coefficient (Wildman–Crippen LogP) is 2.90. The monoisotopic (exact) mass is 411 g/mol. The van der Waals surface area contributed by atoms with Crippen LogP contribution >= 0.6 is 12.4 Å². The summed E-state index contributed by atoms with van der Waals surface area (Å²) < 4.78 is 27.6. The maximum Gasteiger partial charge on any atom is 0.261 e. The molecule has 148 valence electrons. The zero-order chi connectivity index (χ0) is 19.4. The van der Waals surface area contributed by atoms with Crippen LogP contribution in [0.1, 0.15) is 26.3 Å². The normalized spacial score (nSPS) is 12.6. The SMILES string of the molecule is CC(C)(C)[C@H](N)C(=O)NCc1ccccc1NS(=O)(=O)c1ccccc1.Cl. The zero-order valence-electron chi connectivity index (χ0n) is 15.6. The summed E-state index contributed by atoms with van der Waals surface area (Å²) >= 11 is 0. The first-order valence-electron chi connectivity index (χ1n) is 8.30. The number of anilines is 1. The van der Waals surface area contributed by atoms with E-state index in [2.05, 4.69) is 10.0 Å². The van der Waals surface area contributed by atoms with Crippen LogP contribution in [0.2, 0.25) is 0 Å². The van der Waals surface area contributed by atoms with Crippen LogP contribution in [0.25, 0.3) is 0 Å². The highest BCUT2D eigenvalue weighted by Crippen LogP contribution is 2.21. The second-order valence-electron chi connectivity index (χ2n) is 7.14. The van der Waals surface area contributed by atoms with E-state index in [4.69, 9.17) is 5.73 Å². The maximum atomic E-state index is 12.5. The number of nitrogens with two attached hydrogens (primary N) is 1. The Morgan fingerprint density at radius 3 is 2.19 bits per heavy atom. The molecule has 0 saturated heterocycles. The Kier molecular flexibility index (Phi) is 7.83. The highest BCUT2D eigenvalue weighted by Gasteiger charge is 2.27. The molecule has 0 unspecified atom stereocenters. The van der Waals surface area contributed by atoms with Gasteiger partial charge in [0.15, 0.2) is 0 Å². The fourth-order valence-electron chi connectivity index (χ4n) is 2.26. The van der Waals surface area contributed by atoms with Gasteiger partial charge in [-0.1, -0.05) is 57.2 Å². The van der Waals surface area contributed by atoms with Crippen LogP contribution in [0.5, 0.6) is 0 Å². The quantitative estimate of drug-likeness (QED) is 0.680. The topological polar surface area (TPSA) is 101 Å². The summed E-state index contributed by atoms with van der Waals surface area (Å²) in [5.74, 6) is -0.279. The molecule has 1 amide bonds. The van der Waals surface area contributed by atoms with Crippen molar-refractivity contribution in [2.24, 2.45) is 11.1 Å². The van der Waals surface area contributed by atoms with Crippen molar-refractivity contribution in [3.05, 3.63) is 60.2 Å². The van der Waals surface area contributed by atoms with Gasteiger partial charge in [0, 0.05) is 6.54 Å². The van der Waals surface area contributed by atoms with Gasteiger partial charge >= 0.3 is 0 Å². The molecule has 0 aliphatic heterocycles. The molecule has 0 radical (unpaired) electrons. The van der Waals surface area contributed by atoms with E-state index in [-0.39, 0.29) is 35.2 Å². The molecule has 0 aromatic heterocycles. The molecule has 0 heterocycles. The Morgan fingerprint density at radius 1 is 1.04 bits per heavy atom. The Labute approximate surface area is 167 Å². The van der Waals surface area contributed by atoms with Crippen molar-refractivity contribution in [3.8, 4) is 0 Å². The Morgan fingerprint density at radius 2 is 1.59 bits per heavy atom. The van der Waals surface area contributed by atoms with E-state index < -0.39 is 16.1 Å². The van der Waals surface area contributed by atoms with E-state index in [9.17, 15) is 13.2 Å². The molecule has 27 heavy (non-hydrogen) atoms. The van der Waals surface area contributed by atoms with Gasteiger partial charge in [0.1, 0.15) is 0 Å². The lowest BCUT2D eigenvalue weighted by molar-refractivity contribution is -0.124. The Bertz CT molecular complexity index is 865. The number of nitrogens with one attached hydrogen (secondary N) is 2. The summed E-state index contributed by atoms with van der Waals surface area (Å²) in [7, 11) is -3.70. The number of halogens is 1. The highest BCUT2D eigenvalue weighted by atomic mass is 35.5. The maximum absolute atomic E-state index is 12.5. The fraction of sp³-hybridized carbons (Fsp3) is 0.316. The van der Waals surface area contributed by atoms with E-state index in [0.717, 1.165) is 0 Å². The summed E-state index contributed by atoms with van der Waals surface area (Å²) in [6.45, 7) is 5.84. The largest absolute Gasteiger partial charge is 0.351 e. The third-order valence-corrected chi connectivity index (χ3v) is 5.37. The molecular formula is C19H26ClN3O3S. The molecule has 0 aliphatic carbocycles. The van der Waals surface area contributed by atoms with Gasteiger partial charge in [-0.15, -0.1) is 12.4 Å². The van der Waals surface area contributed by atoms with Crippen molar-refractivity contribution in [2.75, 3.05) is 4.72 Å². The first-order chi connectivity index (χ1) is 12.1. The van der Waals surface area contributed by atoms with Crippen LogP contribution in [-0.4, -0.2) is 20.4 Å². The Balaban J connectivity index is 0.00000364. The first-order valence-corrected chi connectivity index (χ1v) is 9.78. The summed E-state index contributed by atoms with van der Waals surface area (Å²) in [6, 6.07) is 14.4. The van der Waals surface area contributed by atoms with E-state index in [0.29, 0.717) is 11.3 Å². The third-order valence-electron chi connectivity index (χ3n) is 3.98. The number of amides is 1. The van der Waals surface area contributed by atoms with Gasteiger partial charge in [-0.3, -0.25) is 9.52 Å². The summed E-state index contributed by atoms with van der Waals surface area (Å²) in [5, 5.41) is 2.77. The molecular weight excluding hydrogens is 386 g/mol. The van der Waals surface area contributed by atoms with Crippen molar-refractivity contribution < 1.29 is 13.2 Å². The van der Waals surface area contributed by atoms with Crippen LogP contribution < -0.4 is 15.8 Å². The lowest BCUT2D eigenvalue weighted by atomic mass is 9.87. The molecule has 0 spiro atoms. The number of carbonyl (C=O) groups excluding carboxylic acids is 1. The molecule has 6 nitrogen and oxygen atoms in total. The molecule has 2 aromatic carbocycles. The van der Waals surface area contributed by atoms with Crippen LogP contribution in [0.15, 0.2) is 59.5 Å². The van der Waals surface area contributed by atoms with Gasteiger partial charge in [-0.2, -0.15) is 0 Å². The van der Waals surface area contributed by atoms with Crippen LogP contribution in [-0.2, 0) is 21.4 Å². The average Bonchev–Trinajstić information content (AvgIpc) is 2.59. The van der Waals surface area contributed by atoms with Crippen LogP contribution in [0.4, 0.5) is 5.69 Å². The molecule has 1 atom stereocenters. The molecule has 4 N–H and O–H groups in total. The van der Waals surface area contributed by atoms with Gasteiger partial charge < -0.3 is 11.1 Å². The van der Waals surface area contributed by atoms with Gasteiger partial charge in [0.05, 0.1) is 16.6 Å². The summed E-state index contributed by atoms with van der Waals surface area (Å²) in [6.07, 6.45) is 0. The Hall–Kier alpha value is -2.09. The van der Waals surface area contributed by atoms with Crippen molar-refractivity contribution in [2.45, 2.75) is 38.3 Å². The van der Waals surface area contributed by atoms with Crippen LogP contribution in [0, 0.1) is 5.41 Å². The number of para-hydroxylation sites is 1. The molecule has 8 heteroatoms. The van der Waals surface area contributed by atoms with Crippen molar-refractivity contribution in [1.29, 1.82) is 0 Å². The average molecular weight is 412 g/mol. The summed E-state index contributed by atoms with van der Waals surface area (Å²) in [5.41, 5.74) is 6.66.